The van der Waals surface area contributed by atoms with E-state index in [4.69, 9.17) is 8.84 Å². The number of hydrogen-bond donors (Lipinski definition) is 0. The molecule has 0 bridgehead atoms. The smallest absolute Gasteiger partial charge is 0.335 e. The van der Waals surface area contributed by atoms with Crippen molar-refractivity contribution in [1.82, 2.24) is 0 Å². The van der Waals surface area contributed by atoms with Gasteiger partial charge in [0.15, 0.2) is 8.32 Å². The van der Waals surface area contributed by atoms with E-state index in [2.05, 4.69) is 53.8 Å². The first kappa shape index (κ1) is 24.6. The van der Waals surface area contributed by atoms with Crippen LogP contribution in [0.2, 0.25) is 18.1 Å². The summed E-state index contributed by atoms with van der Waals surface area (Å²) in [4.78, 5) is 11.5. The lowest BCUT2D eigenvalue weighted by atomic mass is 9.46. The Morgan fingerprint density at radius 3 is 2.44 bits per heavy atom. The van der Waals surface area contributed by atoms with E-state index >= 15 is 0 Å². The van der Waals surface area contributed by atoms with E-state index in [0.29, 0.717) is 22.9 Å². The summed E-state index contributed by atoms with van der Waals surface area (Å²) in [5.74, 6) is 2.97. The second-order valence-electron chi connectivity index (χ2n) is 14.0. The molecule has 34 heavy (non-hydrogen) atoms. The van der Waals surface area contributed by atoms with Crippen LogP contribution in [-0.2, 0) is 4.43 Å². The number of rotatable bonds is 3. The van der Waals surface area contributed by atoms with E-state index in [1.165, 1.54) is 56.9 Å². The molecule has 1 aromatic rings. The molecule has 3 nitrogen and oxygen atoms in total. The van der Waals surface area contributed by atoms with Crippen LogP contribution in [0.25, 0.3) is 0 Å². The molecule has 0 amide bonds. The van der Waals surface area contributed by atoms with Gasteiger partial charge in [0.25, 0.3) is 0 Å². The minimum Gasteiger partial charge on any atom is -0.431 e. The molecule has 0 aromatic carbocycles. The molecule has 0 radical (unpaired) electrons. The van der Waals surface area contributed by atoms with E-state index in [1.807, 2.05) is 6.07 Å². The molecular weight excluding hydrogens is 436 g/mol. The lowest BCUT2D eigenvalue weighted by Crippen LogP contribution is -2.51. The first-order valence-electron chi connectivity index (χ1n) is 13.8. The first-order chi connectivity index (χ1) is 15.8. The third kappa shape index (κ3) is 3.82. The predicted molar refractivity (Wildman–Crippen MR) is 141 cm³/mol. The Balaban J connectivity index is 1.36. The summed E-state index contributed by atoms with van der Waals surface area (Å²) in [6, 6.07) is 3.64. The Hall–Kier alpha value is -1.13. The molecule has 3 saturated carbocycles. The van der Waals surface area contributed by atoms with Gasteiger partial charge in [-0.3, -0.25) is 0 Å². The highest BCUT2D eigenvalue weighted by atomic mass is 28.4. The van der Waals surface area contributed by atoms with Crippen LogP contribution in [0.4, 0.5) is 0 Å². The van der Waals surface area contributed by atoms with Crippen molar-refractivity contribution in [2.24, 2.45) is 28.6 Å². The highest BCUT2D eigenvalue weighted by Gasteiger charge is 2.59. The van der Waals surface area contributed by atoms with E-state index in [1.54, 1.807) is 17.9 Å². The second kappa shape index (κ2) is 8.20. The molecule has 0 spiro atoms. The van der Waals surface area contributed by atoms with Gasteiger partial charge in [-0.25, -0.2) is 4.79 Å². The van der Waals surface area contributed by atoms with Crippen LogP contribution in [-0.4, -0.2) is 14.4 Å². The number of hydrogen-bond acceptors (Lipinski definition) is 3. The highest BCUT2D eigenvalue weighted by molar-refractivity contribution is 6.74. The normalized spacial score (nSPS) is 40.2. The monoisotopic (exact) mass is 482 g/mol. The molecule has 5 rings (SSSR count). The zero-order valence-electron chi connectivity index (χ0n) is 22.6. The molecule has 4 aliphatic carbocycles. The zero-order chi connectivity index (χ0) is 24.5. The maximum atomic E-state index is 11.5. The van der Waals surface area contributed by atoms with Crippen LogP contribution in [0, 0.1) is 28.6 Å². The van der Waals surface area contributed by atoms with Crippen LogP contribution < -0.4 is 5.63 Å². The van der Waals surface area contributed by atoms with Gasteiger partial charge in [0, 0.05) is 6.07 Å². The second-order valence-corrected chi connectivity index (χ2v) is 18.8. The van der Waals surface area contributed by atoms with E-state index in [9.17, 15) is 4.79 Å². The van der Waals surface area contributed by atoms with Gasteiger partial charge in [-0.15, -0.1) is 0 Å². The lowest BCUT2D eigenvalue weighted by Gasteiger charge is -2.59. The first-order valence-corrected chi connectivity index (χ1v) is 16.7. The molecule has 0 aliphatic heterocycles. The molecular formula is C30H46O3Si. The third-order valence-electron chi connectivity index (χ3n) is 11.4. The van der Waals surface area contributed by atoms with E-state index in [-0.39, 0.29) is 10.7 Å². The molecule has 4 aliphatic rings. The summed E-state index contributed by atoms with van der Waals surface area (Å²) in [7, 11) is -1.75. The predicted octanol–water partition coefficient (Wildman–Crippen LogP) is 8.08. The fraction of sp³-hybridized carbons (Fsp3) is 0.767. The minimum atomic E-state index is -1.75. The highest BCUT2D eigenvalue weighted by Crippen LogP contribution is 2.68. The van der Waals surface area contributed by atoms with Crippen LogP contribution in [0.1, 0.15) is 97.5 Å². The van der Waals surface area contributed by atoms with Crippen LogP contribution in [0.3, 0.4) is 0 Å². The molecule has 0 N–H and O–H groups in total. The Kier molecular flexibility index (Phi) is 5.92. The molecule has 4 heteroatoms. The maximum absolute atomic E-state index is 11.5. The third-order valence-corrected chi connectivity index (χ3v) is 16.0. The molecule has 1 unspecified atom stereocenters. The summed E-state index contributed by atoms with van der Waals surface area (Å²) in [5, 5.41) is 0.262. The maximum Gasteiger partial charge on any atom is 0.335 e. The number of fused-ring (bicyclic) bond motifs is 5. The summed E-state index contributed by atoms with van der Waals surface area (Å²) in [5.41, 5.74) is 3.41. The minimum absolute atomic E-state index is 0.236. The Bertz CT molecular complexity index is 996. The van der Waals surface area contributed by atoms with Crippen LogP contribution >= 0.6 is 0 Å². The van der Waals surface area contributed by atoms with Crippen LogP contribution in [0.15, 0.2) is 39.3 Å². The van der Waals surface area contributed by atoms with Gasteiger partial charge >= 0.3 is 5.63 Å². The molecule has 1 heterocycles. The van der Waals surface area contributed by atoms with Gasteiger partial charge < -0.3 is 8.84 Å². The molecule has 0 saturated heterocycles. The lowest BCUT2D eigenvalue weighted by molar-refractivity contribution is -0.0458. The van der Waals surface area contributed by atoms with Crippen molar-refractivity contribution >= 4 is 8.32 Å². The zero-order valence-corrected chi connectivity index (χ0v) is 23.6. The molecule has 7 atom stereocenters. The van der Waals surface area contributed by atoms with Gasteiger partial charge in [-0.05, 0) is 116 Å². The largest absolute Gasteiger partial charge is 0.431 e. The summed E-state index contributed by atoms with van der Waals surface area (Å²) < 4.78 is 12.1. The summed E-state index contributed by atoms with van der Waals surface area (Å²) >= 11 is 0. The molecule has 188 valence electrons. The van der Waals surface area contributed by atoms with Crippen molar-refractivity contribution in [3.8, 4) is 0 Å². The fourth-order valence-electron chi connectivity index (χ4n) is 8.46. The van der Waals surface area contributed by atoms with Crippen LogP contribution in [0.5, 0.6) is 0 Å². The van der Waals surface area contributed by atoms with Crippen molar-refractivity contribution in [3.05, 3.63) is 46.0 Å². The van der Waals surface area contributed by atoms with E-state index in [0.717, 1.165) is 17.8 Å². The van der Waals surface area contributed by atoms with Crippen molar-refractivity contribution in [2.75, 3.05) is 0 Å². The topological polar surface area (TPSA) is 39.4 Å². The summed E-state index contributed by atoms with van der Waals surface area (Å²) in [6.45, 7) is 17.0. The fourth-order valence-corrected chi connectivity index (χ4v) is 9.76. The average Bonchev–Trinajstić information content (AvgIpc) is 3.11. The Labute approximate surface area is 207 Å². The number of allylic oxidation sites excluding steroid dienone is 1. The quantitative estimate of drug-likeness (QED) is 0.323. The molecule has 1 aromatic heterocycles. The summed E-state index contributed by atoms with van der Waals surface area (Å²) in [6.07, 6.45) is 14.9. The average molecular weight is 483 g/mol. The molecule has 3 fully saturated rings. The Morgan fingerprint density at radius 2 is 1.76 bits per heavy atom. The van der Waals surface area contributed by atoms with Gasteiger partial charge in [0.2, 0.25) is 0 Å². The van der Waals surface area contributed by atoms with Gasteiger partial charge in [0.1, 0.15) is 0 Å². The van der Waals surface area contributed by atoms with Gasteiger partial charge in [-0.2, -0.15) is 0 Å². The van der Waals surface area contributed by atoms with Crippen molar-refractivity contribution in [2.45, 2.75) is 116 Å². The van der Waals surface area contributed by atoms with Crippen molar-refractivity contribution in [3.63, 3.8) is 0 Å². The Morgan fingerprint density at radius 1 is 1.00 bits per heavy atom. The SMILES string of the molecule is CC(C)(C)[Si](C)(C)OC1C=C2CC[C@H]3[C@H]4CC[C@H](c5ccc(=O)oc5)[C@@]4(C)CC[C@@H]3[C@@]2(C)CC1. The van der Waals surface area contributed by atoms with Gasteiger partial charge in [-0.1, -0.05) is 46.3 Å². The van der Waals surface area contributed by atoms with E-state index < -0.39 is 8.32 Å². The van der Waals surface area contributed by atoms with Gasteiger partial charge in [0.05, 0.1) is 12.4 Å². The van der Waals surface area contributed by atoms with Crippen molar-refractivity contribution in [1.29, 1.82) is 0 Å². The standard InChI is InChI=1S/C30H46O3Si/c1-28(2,3)34(6,7)33-22-14-16-29(4)21(18-22)9-10-23-25-12-11-24(20-8-13-27(31)32-19-20)30(25,5)17-15-26(23)29/h8,13,18-19,22-26H,9-12,14-17H2,1-7H3/t22?,23-,24+,25+,26-,29-,30+/m0/s1. The van der Waals surface area contributed by atoms with Crippen molar-refractivity contribution < 1.29 is 8.84 Å².